The van der Waals surface area contributed by atoms with Gasteiger partial charge >= 0.3 is 0 Å². The lowest BCUT2D eigenvalue weighted by Gasteiger charge is -2.11. The SMILES string of the molecule is Cc1ncccc1Oc1cc(Br)ccc1C(=N)N. The van der Waals surface area contributed by atoms with Gasteiger partial charge in [0.05, 0.1) is 11.3 Å². The molecule has 2 aromatic rings. The van der Waals surface area contributed by atoms with Crippen LogP contribution in [-0.4, -0.2) is 10.8 Å². The molecular formula is C13H12BrN3O. The molecule has 0 saturated heterocycles. The first-order valence-corrected chi connectivity index (χ1v) is 6.10. The molecule has 0 radical (unpaired) electrons. The number of ether oxygens (including phenoxy) is 1. The molecule has 0 atom stereocenters. The first kappa shape index (κ1) is 12.6. The van der Waals surface area contributed by atoms with Crippen LogP contribution in [0.4, 0.5) is 0 Å². The van der Waals surface area contributed by atoms with Crippen molar-refractivity contribution in [3.05, 3.63) is 52.3 Å². The highest BCUT2D eigenvalue weighted by Gasteiger charge is 2.10. The molecule has 0 aliphatic rings. The average Bonchev–Trinajstić information content (AvgIpc) is 2.32. The van der Waals surface area contributed by atoms with Crippen LogP contribution in [0.1, 0.15) is 11.3 Å². The van der Waals surface area contributed by atoms with Crippen molar-refractivity contribution in [1.29, 1.82) is 5.41 Å². The molecule has 1 heterocycles. The number of nitrogen functional groups attached to an aromatic ring is 1. The topological polar surface area (TPSA) is 72.0 Å². The smallest absolute Gasteiger partial charge is 0.148 e. The normalized spacial score (nSPS) is 10.1. The number of amidine groups is 1. The highest BCUT2D eigenvalue weighted by Crippen LogP contribution is 2.29. The molecule has 0 fully saturated rings. The van der Waals surface area contributed by atoms with E-state index in [9.17, 15) is 0 Å². The second-order valence-electron chi connectivity index (χ2n) is 3.74. The molecule has 0 aliphatic heterocycles. The van der Waals surface area contributed by atoms with Crippen LogP contribution >= 0.6 is 15.9 Å². The van der Waals surface area contributed by atoms with E-state index >= 15 is 0 Å². The number of nitrogens with one attached hydrogen (secondary N) is 1. The van der Waals surface area contributed by atoms with Crippen LogP contribution in [-0.2, 0) is 0 Å². The third kappa shape index (κ3) is 2.68. The highest BCUT2D eigenvalue weighted by atomic mass is 79.9. The summed E-state index contributed by atoms with van der Waals surface area (Å²) in [6.45, 7) is 1.86. The fourth-order valence-corrected chi connectivity index (χ4v) is 1.84. The van der Waals surface area contributed by atoms with Crippen molar-refractivity contribution in [3.63, 3.8) is 0 Å². The number of hydrogen-bond donors (Lipinski definition) is 2. The predicted molar refractivity (Wildman–Crippen MR) is 74.2 cm³/mol. The van der Waals surface area contributed by atoms with Gasteiger partial charge in [0.15, 0.2) is 0 Å². The van der Waals surface area contributed by atoms with Gasteiger partial charge in [-0.2, -0.15) is 0 Å². The monoisotopic (exact) mass is 305 g/mol. The highest BCUT2D eigenvalue weighted by molar-refractivity contribution is 9.10. The van der Waals surface area contributed by atoms with E-state index in [0.29, 0.717) is 17.1 Å². The maximum Gasteiger partial charge on any atom is 0.148 e. The van der Waals surface area contributed by atoms with Gasteiger partial charge in [-0.15, -0.1) is 0 Å². The largest absolute Gasteiger partial charge is 0.455 e. The number of aromatic nitrogens is 1. The molecule has 0 aliphatic carbocycles. The van der Waals surface area contributed by atoms with E-state index < -0.39 is 0 Å². The molecule has 0 bridgehead atoms. The summed E-state index contributed by atoms with van der Waals surface area (Å²) in [5, 5.41) is 7.53. The number of pyridine rings is 1. The lowest BCUT2D eigenvalue weighted by atomic mass is 10.2. The average molecular weight is 306 g/mol. The zero-order chi connectivity index (χ0) is 13.1. The van der Waals surface area contributed by atoms with Crippen LogP contribution in [0, 0.1) is 12.3 Å². The summed E-state index contributed by atoms with van der Waals surface area (Å²) >= 11 is 3.37. The second-order valence-corrected chi connectivity index (χ2v) is 4.66. The van der Waals surface area contributed by atoms with Gasteiger partial charge in [-0.3, -0.25) is 10.4 Å². The van der Waals surface area contributed by atoms with Gasteiger partial charge in [0.2, 0.25) is 0 Å². The zero-order valence-electron chi connectivity index (χ0n) is 9.77. The molecule has 5 heteroatoms. The van der Waals surface area contributed by atoms with Gasteiger partial charge < -0.3 is 10.5 Å². The van der Waals surface area contributed by atoms with E-state index in [1.807, 2.05) is 19.1 Å². The van der Waals surface area contributed by atoms with Crippen LogP contribution in [0.15, 0.2) is 41.0 Å². The van der Waals surface area contributed by atoms with Crippen molar-refractivity contribution in [2.45, 2.75) is 6.92 Å². The van der Waals surface area contributed by atoms with Gasteiger partial charge in [-0.1, -0.05) is 15.9 Å². The molecular weight excluding hydrogens is 294 g/mol. The van der Waals surface area contributed by atoms with E-state index in [4.69, 9.17) is 15.9 Å². The quantitative estimate of drug-likeness (QED) is 0.675. The van der Waals surface area contributed by atoms with Gasteiger partial charge in [-0.05, 0) is 37.3 Å². The van der Waals surface area contributed by atoms with Gasteiger partial charge in [0.1, 0.15) is 17.3 Å². The summed E-state index contributed by atoms with van der Waals surface area (Å²) in [4.78, 5) is 4.15. The van der Waals surface area contributed by atoms with Gasteiger partial charge in [-0.25, -0.2) is 0 Å². The van der Waals surface area contributed by atoms with Crippen LogP contribution in [0.3, 0.4) is 0 Å². The number of aryl methyl sites for hydroxylation is 1. The summed E-state index contributed by atoms with van der Waals surface area (Å²) in [7, 11) is 0. The Morgan fingerprint density at radius 3 is 2.78 bits per heavy atom. The maximum absolute atomic E-state index is 7.53. The first-order chi connectivity index (χ1) is 8.58. The standard InChI is InChI=1S/C13H12BrN3O/c1-8-11(3-2-6-17-8)18-12-7-9(14)4-5-10(12)13(15)16/h2-7H,1H3,(H3,15,16). The summed E-state index contributed by atoms with van der Waals surface area (Å²) < 4.78 is 6.63. The molecule has 2 rings (SSSR count). The molecule has 0 unspecified atom stereocenters. The Hall–Kier alpha value is -1.88. The molecule has 1 aromatic heterocycles. The summed E-state index contributed by atoms with van der Waals surface area (Å²) in [5.41, 5.74) is 6.87. The maximum atomic E-state index is 7.53. The Morgan fingerprint density at radius 2 is 2.11 bits per heavy atom. The summed E-state index contributed by atoms with van der Waals surface area (Å²) in [6, 6.07) is 8.97. The number of rotatable bonds is 3. The van der Waals surface area contributed by atoms with Crippen molar-refractivity contribution in [1.82, 2.24) is 4.98 Å². The molecule has 92 valence electrons. The molecule has 3 N–H and O–H groups in total. The van der Waals surface area contributed by atoms with Crippen molar-refractivity contribution in [2.24, 2.45) is 5.73 Å². The molecule has 4 nitrogen and oxygen atoms in total. The van der Waals surface area contributed by atoms with Crippen molar-refractivity contribution < 1.29 is 4.74 Å². The lowest BCUT2D eigenvalue weighted by molar-refractivity contribution is 0.474. The van der Waals surface area contributed by atoms with E-state index in [1.165, 1.54) is 0 Å². The third-order valence-corrected chi connectivity index (χ3v) is 2.91. The minimum absolute atomic E-state index is 0.0287. The Bertz CT molecular complexity index is 599. The minimum atomic E-state index is -0.0287. The Labute approximate surface area is 113 Å². The van der Waals surface area contributed by atoms with Crippen LogP contribution in [0.2, 0.25) is 0 Å². The lowest BCUT2D eigenvalue weighted by Crippen LogP contribution is -2.12. The van der Waals surface area contributed by atoms with Crippen molar-refractivity contribution in [2.75, 3.05) is 0 Å². The fraction of sp³-hybridized carbons (Fsp3) is 0.0769. The molecule has 0 spiro atoms. The number of hydrogen-bond acceptors (Lipinski definition) is 3. The van der Waals surface area contributed by atoms with Crippen LogP contribution in [0.25, 0.3) is 0 Å². The predicted octanol–water partition coefficient (Wildman–Crippen LogP) is 3.23. The molecule has 1 aromatic carbocycles. The van der Waals surface area contributed by atoms with Crippen LogP contribution in [0.5, 0.6) is 11.5 Å². The van der Waals surface area contributed by atoms with E-state index in [1.54, 1.807) is 24.4 Å². The van der Waals surface area contributed by atoms with Crippen LogP contribution < -0.4 is 10.5 Å². The summed E-state index contributed by atoms with van der Waals surface area (Å²) in [5.74, 6) is 1.16. The molecule has 18 heavy (non-hydrogen) atoms. The Balaban J connectivity index is 2.42. The second kappa shape index (κ2) is 5.18. The minimum Gasteiger partial charge on any atom is -0.455 e. The fourth-order valence-electron chi connectivity index (χ4n) is 1.50. The van der Waals surface area contributed by atoms with Crippen molar-refractivity contribution >= 4 is 21.8 Å². The zero-order valence-corrected chi connectivity index (χ0v) is 11.4. The Kier molecular flexibility index (Phi) is 3.62. The van der Waals surface area contributed by atoms with Gasteiger partial charge in [0.25, 0.3) is 0 Å². The third-order valence-electron chi connectivity index (χ3n) is 2.41. The number of nitrogens with zero attached hydrogens (tertiary/aromatic N) is 1. The summed E-state index contributed by atoms with van der Waals surface area (Å²) in [6.07, 6.45) is 1.70. The van der Waals surface area contributed by atoms with Gasteiger partial charge in [0, 0.05) is 10.7 Å². The van der Waals surface area contributed by atoms with E-state index in [-0.39, 0.29) is 5.84 Å². The molecule has 0 saturated carbocycles. The first-order valence-electron chi connectivity index (χ1n) is 5.31. The van der Waals surface area contributed by atoms with E-state index in [0.717, 1.165) is 10.2 Å². The number of benzene rings is 1. The molecule has 0 amide bonds. The van der Waals surface area contributed by atoms with Crippen molar-refractivity contribution in [3.8, 4) is 11.5 Å². The van der Waals surface area contributed by atoms with E-state index in [2.05, 4.69) is 20.9 Å². The Morgan fingerprint density at radius 1 is 1.33 bits per heavy atom. The number of nitrogens with two attached hydrogens (primary N) is 1. The number of halogens is 1.